The second-order valence-corrected chi connectivity index (χ2v) is 18.4. The highest BCUT2D eigenvalue weighted by molar-refractivity contribution is 6.93. The molecule has 0 aliphatic heterocycles. The molecule has 142 valence electrons. The van der Waals surface area contributed by atoms with Gasteiger partial charge in [-0.05, 0) is 30.5 Å². The van der Waals surface area contributed by atoms with E-state index in [1.54, 1.807) is 0 Å². The summed E-state index contributed by atoms with van der Waals surface area (Å²) >= 11 is 0. The Hall–Kier alpha value is -0.686. The first kappa shape index (κ1) is 22.4. The van der Waals surface area contributed by atoms with Crippen molar-refractivity contribution in [2.45, 2.75) is 71.4 Å². The van der Waals surface area contributed by atoms with Crippen LogP contribution in [0.3, 0.4) is 0 Å². The Morgan fingerprint density at radius 3 is 2.16 bits per heavy atom. The molecule has 0 aromatic heterocycles. The predicted octanol–water partition coefficient (Wildman–Crippen LogP) is 5.11. The Morgan fingerprint density at radius 1 is 1.08 bits per heavy atom. The molecule has 0 aliphatic carbocycles. The van der Waals surface area contributed by atoms with Crippen LogP contribution in [0.2, 0.25) is 31.2 Å². The number of aliphatic hydroxyl groups excluding tert-OH is 1. The monoisotopic (exact) mass is 378 g/mol. The molecule has 0 bridgehead atoms. The quantitative estimate of drug-likeness (QED) is 0.637. The highest BCUT2D eigenvalue weighted by Gasteiger charge is 2.37. The fourth-order valence-corrected chi connectivity index (χ4v) is 5.49. The minimum atomic E-state index is -1.72. The molecule has 1 aromatic rings. The molecule has 0 radical (unpaired) electrons. The third-order valence-corrected chi connectivity index (χ3v) is 13.0. The summed E-state index contributed by atoms with van der Waals surface area (Å²) in [5.74, 6) is 0.151. The van der Waals surface area contributed by atoms with E-state index in [1.165, 1.54) is 5.19 Å². The van der Waals surface area contributed by atoms with E-state index in [9.17, 15) is 5.11 Å². The first-order valence-corrected chi connectivity index (χ1v) is 15.4. The van der Waals surface area contributed by atoms with Crippen molar-refractivity contribution in [3.63, 3.8) is 0 Å². The summed E-state index contributed by atoms with van der Waals surface area (Å²) in [4.78, 5) is 0. The molecule has 0 heterocycles. The van der Waals surface area contributed by atoms with Gasteiger partial charge in [-0.3, -0.25) is 0 Å². The van der Waals surface area contributed by atoms with Crippen LogP contribution < -0.4 is 5.19 Å². The maximum Gasteiger partial charge on any atom is 0.191 e. The van der Waals surface area contributed by atoms with Gasteiger partial charge in [0.15, 0.2) is 8.32 Å². The Kier molecular flexibility index (Phi) is 7.87. The molecule has 1 aromatic carbocycles. The van der Waals surface area contributed by atoms with Gasteiger partial charge < -0.3 is 9.53 Å². The lowest BCUT2D eigenvalue weighted by Crippen LogP contribution is -2.41. The van der Waals surface area contributed by atoms with Crippen LogP contribution in [0.4, 0.5) is 0 Å². The molecule has 0 spiro atoms. The lowest BCUT2D eigenvalue weighted by Gasteiger charge is -2.36. The van der Waals surface area contributed by atoms with Crippen molar-refractivity contribution in [1.29, 1.82) is 0 Å². The van der Waals surface area contributed by atoms with E-state index >= 15 is 0 Å². The van der Waals surface area contributed by atoms with Crippen LogP contribution in [-0.4, -0.2) is 34.2 Å². The van der Waals surface area contributed by atoms with Gasteiger partial charge >= 0.3 is 0 Å². The van der Waals surface area contributed by atoms with Gasteiger partial charge in [0.1, 0.15) is 8.07 Å². The summed E-state index contributed by atoms with van der Waals surface area (Å²) < 4.78 is 6.19. The summed E-state index contributed by atoms with van der Waals surface area (Å²) in [5, 5.41) is 12.1. The van der Waals surface area contributed by atoms with Crippen LogP contribution in [0.5, 0.6) is 0 Å². The third-order valence-electron chi connectivity index (χ3n) is 5.62. The molecular weight excluding hydrogens is 340 g/mol. The van der Waals surface area contributed by atoms with Crippen molar-refractivity contribution in [3.05, 3.63) is 42.1 Å². The van der Waals surface area contributed by atoms with E-state index in [2.05, 4.69) is 96.0 Å². The van der Waals surface area contributed by atoms with Gasteiger partial charge in [0.25, 0.3) is 0 Å². The van der Waals surface area contributed by atoms with Crippen molar-refractivity contribution in [3.8, 4) is 0 Å². The van der Waals surface area contributed by atoms with Gasteiger partial charge in [-0.15, -0.1) is 0 Å². The second kappa shape index (κ2) is 8.80. The molecule has 1 N–H and O–H groups in total. The van der Waals surface area contributed by atoms with E-state index in [-0.39, 0.29) is 17.1 Å². The molecule has 0 unspecified atom stereocenters. The highest BCUT2D eigenvalue weighted by atomic mass is 28.4. The van der Waals surface area contributed by atoms with Crippen LogP contribution in [0.1, 0.15) is 34.1 Å². The molecule has 1 rings (SSSR count). The fourth-order valence-electron chi connectivity index (χ4n) is 2.40. The summed E-state index contributed by atoms with van der Waals surface area (Å²) in [7, 11) is -3.31. The van der Waals surface area contributed by atoms with Crippen molar-refractivity contribution >= 4 is 21.6 Å². The van der Waals surface area contributed by atoms with Crippen LogP contribution >= 0.6 is 0 Å². The summed E-state index contributed by atoms with van der Waals surface area (Å²) in [6, 6.07) is 10.7. The molecule has 2 nitrogen and oxygen atoms in total. The molecule has 2 atom stereocenters. The first-order valence-electron chi connectivity index (χ1n) is 9.44. The Labute approximate surface area is 157 Å². The molecular formula is C21H38O2Si2. The first-order chi connectivity index (χ1) is 11.4. The van der Waals surface area contributed by atoms with E-state index in [0.717, 1.165) is 0 Å². The molecule has 0 aliphatic rings. The normalized spacial score (nSPS) is 16.2. The zero-order valence-corrected chi connectivity index (χ0v) is 19.5. The molecule has 4 heteroatoms. The zero-order valence-electron chi connectivity index (χ0n) is 17.5. The minimum Gasteiger partial charge on any atom is -0.417 e. The number of rotatable bonds is 8. The van der Waals surface area contributed by atoms with Crippen molar-refractivity contribution in [2.24, 2.45) is 5.92 Å². The number of benzene rings is 1. The smallest absolute Gasteiger partial charge is 0.191 e. The maximum atomic E-state index is 10.5. The lowest BCUT2D eigenvalue weighted by molar-refractivity contribution is 0.105. The van der Waals surface area contributed by atoms with Crippen LogP contribution in [0.15, 0.2) is 42.1 Å². The Morgan fingerprint density at radius 2 is 1.64 bits per heavy atom. The Bertz CT molecular complexity index is 545. The van der Waals surface area contributed by atoms with Crippen LogP contribution in [0, 0.1) is 5.92 Å². The molecule has 0 amide bonds. The van der Waals surface area contributed by atoms with Gasteiger partial charge in [-0.2, -0.15) is 0 Å². The average Bonchev–Trinajstić information content (AvgIpc) is 2.52. The SMILES string of the molecule is C[C@@H](/C=C/[Si](C)(C)c1ccccc1)[C@H](O)CCO[Si](C)(C)C(C)(C)C. The zero-order chi connectivity index (χ0) is 19.3. The third kappa shape index (κ3) is 6.85. The predicted molar refractivity (Wildman–Crippen MR) is 116 cm³/mol. The maximum absolute atomic E-state index is 10.5. The van der Waals surface area contributed by atoms with Gasteiger partial charge in [0, 0.05) is 6.61 Å². The van der Waals surface area contributed by atoms with Crippen molar-refractivity contribution in [1.82, 2.24) is 0 Å². The molecule has 0 saturated carbocycles. The van der Waals surface area contributed by atoms with Crippen molar-refractivity contribution in [2.75, 3.05) is 6.61 Å². The summed E-state index contributed by atoms with van der Waals surface area (Å²) in [6.45, 7) is 18.7. The number of aliphatic hydroxyl groups is 1. The highest BCUT2D eigenvalue weighted by Crippen LogP contribution is 2.36. The largest absolute Gasteiger partial charge is 0.417 e. The second-order valence-electron chi connectivity index (χ2n) is 9.27. The number of hydrogen-bond acceptors (Lipinski definition) is 2. The minimum absolute atomic E-state index is 0.151. The Balaban J connectivity index is 2.55. The van der Waals surface area contributed by atoms with Gasteiger partial charge in [0.2, 0.25) is 0 Å². The van der Waals surface area contributed by atoms with Crippen LogP contribution in [-0.2, 0) is 4.43 Å². The van der Waals surface area contributed by atoms with E-state index in [1.807, 2.05) is 0 Å². The van der Waals surface area contributed by atoms with E-state index in [4.69, 9.17) is 4.43 Å². The van der Waals surface area contributed by atoms with Crippen molar-refractivity contribution < 1.29 is 9.53 Å². The lowest BCUT2D eigenvalue weighted by atomic mass is 10.0. The van der Waals surface area contributed by atoms with Gasteiger partial charge in [0.05, 0.1) is 6.10 Å². The average molecular weight is 379 g/mol. The molecule has 0 saturated heterocycles. The molecule has 0 fully saturated rings. The fraction of sp³-hybridized carbons (Fsp3) is 0.619. The molecule has 25 heavy (non-hydrogen) atoms. The van der Waals surface area contributed by atoms with Crippen LogP contribution in [0.25, 0.3) is 0 Å². The topological polar surface area (TPSA) is 29.5 Å². The van der Waals surface area contributed by atoms with E-state index < -0.39 is 16.4 Å². The summed E-state index contributed by atoms with van der Waals surface area (Å²) in [6.07, 6.45) is 2.56. The van der Waals surface area contributed by atoms with Gasteiger partial charge in [-0.1, -0.05) is 88.1 Å². The van der Waals surface area contributed by atoms with E-state index in [0.29, 0.717) is 13.0 Å². The number of hydrogen-bond donors (Lipinski definition) is 1. The van der Waals surface area contributed by atoms with Gasteiger partial charge in [-0.25, -0.2) is 0 Å². The summed E-state index contributed by atoms with van der Waals surface area (Å²) in [5.41, 5.74) is 2.35. The standard InChI is InChI=1S/C21H38O2Si2/c1-18(15-17-24(5,6)19-12-10-9-11-13-19)20(22)14-16-23-25(7,8)21(2,3)4/h9-13,15,17-18,20,22H,14,16H2,1-8H3/b17-15+/t18-,20+/m0/s1.